The second kappa shape index (κ2) is 11.1. The van der Waals surface area contributed by atoms with Gasteiger partial charge in [0.15, 0.2) is 5.76 Å². The Balaban J connectivity index is 1.43. The summed E-state index contributed by atoms with van der Waals surface area (Å²) in [5.41, 5.74) is 2.78. The third-order valence-corrected chi connectivity index (χ3v) is 7.48. The van der Waals surface area contributed by atoms with Gasteiger partial charge in [-0.05, 0) is 87.3 Å². The van der Waals surface area contributed by atoms with Gasteiger partial charge in [-0.25, -0.2) is 4.79 Å². The largest absolute Gasteiger partial charge is 0.486 e. The number of hydrogen-bond acceptors (Lipinski definition) is 6. The zero-order valence-corrected chi connectivity index (χ0v) is 21.6. The molecule has 2 heterocycles. The lowest BCUT2D eigenvalue weighted by Gasteiger charge is -2.14. The molecule has 35 heavy (non-hydrogen) atoms. The highest BCUT2D eigenvalue weighted by Crippen LogP contribution is 2.39. The van der Waals surface area contributed by atoms with Gasteiger partial charge in [0, 0.05) is 4.88 Å². The van der Waals surface area contributed by atoms with Crippen molar-refractivity contribution in [2.24, 2.45) is 0 Å². The van der Waals surface area contributed by atoms with Crippen molar-refractivity contribution in [2.75, 3.05) is 5.32 Å². The molecule has 0 spiro atoms. The third kappa shape index (κ3) is 5.96. The van der Waals surface area contributed by atoms with Crippen LogP contribution < -0.4 is 10.1 Å². The quantitative estimate of drug-likeness (QED) is 0.320. The van der Waals surface area contributed by atoms with Gasteiger partial charge in [-0.3, -0.25) is 4.79 Å². The third-order valence-electron chi connectivity index (χ3n) is 6.27. The molecule has 0 aliphatic heterocycles. The number of aryl methyl sites for hydroxylation is 1. The van der Waals surface area contributed by atoms with E-state index in [1.807, 2.05) is 26.0 Å². The summed E-state index contributed by atoms with van der Waals surface area (Å²) in [6.45, 7) is 8.23. The van der Waals surface area contributed by atoms with Crippen LogP contribution in [0.25, 0.3) is 0 Å². The van der Waals surface area contributed by atoms with Gasteiger partial charge in [-0.15, -0.1) is 11.3 Å². The van der Waals surface area contributed by atoms with Crippen molar-refractivity contribution in [3.8, 4) is 5.75 Å². The molecule has 0 saturated heterocycles. The fourth-order valence-corrected chi connectivity index (χ4v) is 5.44. The first-order valence-electron chi connectivity index (χ1n) is 12.3. The molecule has 3 aromatic rings. The Morgan fingerprint density at radius 2 is 1.80 bits per heavy atom. The lowest BCUT2D eigenvalue weighted by Crippen LogP contribution is -2.17. The summed E-state index contributed by atoms with van der Waals surface area (Å²) in [5.74, 6) is 1.19. The van der Waals surface area contributed by atoms with Crippen molar-refractivity contribution in [3.63, 3.8) is 0 Å². The molecule has 1 aliphatic carbocycles. The molecule has 0 bridgehead atoms. The molecular weight excluding hydrogens is 462 g/mol. The normalized spacial score (nSPS) is 13.9. The van der Waals surface area contributed by atoms with E-state index >= 15 is 0 Å². The van der Waals surface area contributed by atoms with E-state index in [-0.39, 0.29) is 24.4 Å². The van der Waals surface area contributed by atoms with Crippen LogP contribution in [0.5, 0.6) is 5.75 Å². The highest BCUT2D eigenvalue weighted by atomic mass is 32.1. The second-order valence-electron chi connectivity index (χ2n) is 9.26. The average Bonchev–Trinajstić information content (AvgIpc) is 3.46. The van der Waals surface area contributed by atoms with Gasteiger partial charge >= 0.3 is 5.97 Å². The van der Waals surface area contributed by atoms with Gasteiger partial charge in [-0.1, -0.05) is 26.0 Å². The number of thiophene rings is 1. The van der Waals surface area contributed by atoms with Gasteiger partial charge in [-0.2, -0.15) is 0 Å². The zero-order valence-electron chi connectivity index (χ0n) is 20.8. The van der Waals surface area contributed by atoms with E-state index in [0.717, 1.165) is 48.3 Å². The maximum absolute atomic E-state index is 13.0. The first kappa shape index (κ1) is 25.0. The van der Waals surface area contributed by atoms with Gasteiger partial charge in [0.25, 0.3) is 5.91 Å². The summed E-state index contributed by atoms with van der Waals surface area (Å²) in [4.78, 5) is 26.9. The standard InChI is InChI=1S/C28H33NO5S/c1-5-18(4)19-10-12-20(13-11-19)32-16-21-14-15-23(34-21)26(30)29-27-25(28(31)33-17(2)3)22-8-6-7-9-24(22)35-27/h10-15,17-18H,5-9,16H2,1-4H3,(H,29,30). The lowest BCUT2D eigenvalue weighted by atomic mass is 9.95. The van der Waals surface area contributed by atoms with Crippen molar-refractivity contribution in [2.45, 2.75) is 78.4 Å². The topological polar surface area (TPSA) is 77.8 Å². The van der Waals surface area contributed by atoms with Crippen LogP contribution in [-0.2, 0) is 24.2 Å². The number of fused-ring (bicyclic) bond motifs is 1. The predicted octanol–water partition coefficient (Wildman–Crippen LogP) is 7.13. The highest BCUT2D eigenvalue weighted by Gasteiger charge is 2.28. The summed E-state index contributed by atoms with van der Waals surface area (Å²) in [6.07, 6.45) is 4.71. The van der Waals surface area contributed by atoms with Crippen LogP contribution in [0.4, 0.5) is 5.00 Å². The maximum Gasteiger partial charge on any atom is 0.341 e. The van der Waals surface area contributed by atoms with Crippen LogP contribution in [0, 0.1) is 0 Å². The Morgan fingerprint density at radius 3 is 2.51 bits per heavy atom. The molecule has 4 rings (SSSR count). The summed E-state index contributed by atoms with van der Waals surface area (Å²) in [6, 6.07) is 11.4. The van der Waals surface area contributed by atoms with Crippen molar-refractivity contribution < 1.29 is 23.5 Å². The number of nitrogens with one attached hydrogen (secondary N) is 1. The van der Waals surface area contributed by atoms with E-state index in [4.69, 9.17) is 13.9 Å². The number of ether oxygens (including phenoxy) is 2. The first-order chi connectivity index (χ1) is 16.9. The minimum absolute atomic E-state index is 0.172. The van der Waals surface area contributed by atoms with Gasteiger partial charge in [0.05, 0.1) is 11.7 Å². The number of carbonyl (C=O) groups is 2. The number of rotatable bonds is 9. The highest BCUT2D eigenvalue weighted by molar-refractivity contribution is 7.17. The monoisotopic (exact) mass is 495 g/mol. The minimum Gasteiger partial charge on any atom is -0.486 e. The first-order valence-corrected chi connectivity index (χ1v) is 13.2. The van der Waals surface area contributed by atoms with Crippen molar-refractivity contribution in [1.82, 2.24) is 0 Å². The molecule has 1 N–H and O–H groups in total. The van der Waals surface area contributed by atoms with E-state index in [0.29, 0.717) is 22.2 Å². The van der Waals surface area contributed by atoms with E-state index in [2.05, 4.69) is 31.3 Å². The molecule has 0 radical (unpaired) electrons. The smallest absolute Gasteiger partial charge is 0.341 e. The van der Waals surface area contributed by atoms with Crippen LogP contribution >= 0.6 is 11.3 Å². The zero-order chi connectivity index (χ0) is 24.9. The van der Waals surface area contributed by atoms with Crippen molar-refractivity contribution in [1.29, 1.82) is 0 Å². The van der Waals surface area contributed by atoms with Crippen LogP contribution in [0.3, 0.4) is 0 Å². The van der Waals surface area contributed by atoms with Crippen molar-refractivity contribution >= 4 is 28.2 Å². The van der Waals surface area contributed by atoms with E-state index < -0.39 is 5.91 Å². The van der Waals surface area contributed by atoms with Gasteiger partial charge in [0.1, 0.15) is 23.1 Å². The lowest BCUT2D eigenvalue weighted by molar-refractivity contribution is 0.0378. The van der Waals surface area contributed by atoms with Crippen molar-refractivity contribution in [3.05, 3.63) is 69.5 Å². The fraction of sp³-hybridized carbons (Fsp3) is 0.429. The molecule has 0 saturated carbocycles. The van der Waals surface area contributed by atoms with E-state index in [1.165, 1.54) is 16.9 Å². The van der Waals surface area contributed by atoms with Crippen LogP contribution in [0.2, 0.25) is 0 Å². The maximum atomic E-state index is 13.0. The molecule has 1 unspecified atom stereocenters. The molecule has 1 atom stereocenters. The Kier molecular flexibility index (Phi) is 7.96. The van der Waals surface area contributed by atoms with Crippen LogP contribution in [-0.4, -0.2) is 18.0 Å². The molecule has 1 aromatic carbocycles. The van der Waals surface area contributed by atoms with Gasteiger partial charge in [0.2, 0.25) is 0 Å². The Hall–Kier alpha value is -3.06. The number of hydrogen-bond donors (Lipinski definition) is 1. The molecule has 6 nitrogen and oxygen atoms in total. The van der Waals surface area contributed by atoms with Crippen LogP contribution in [0.15, 0.2) is 40.8 Å². The molecule has 7 heteroatoms. The molecule has 2 aromatic heterocycles. The SMILES string of the molecule is CCC(C)c1ccc(OCc2ccc(C(=O)Nc3sc4c(c3C(=O)OC(C)C)CCCC4)o2)cc1. The molecule has 1 amide bonds. The Morgan fingerprint density at radius 1 is 1.06 bits per heavy atom. The number of anilines is 1. The summed E-state index contributed by atoms with van der Waals surface area (Å²) >= 11 is 1.46. The molecule has 1 aliphatic rings. The average molecular weight is 496 g/mol. The number of esters is 1. The Bertz CT molecular complexity index is 1170. The molecule has 0 fully saturated rings. The minimum atomic E-state index is -0.397. The fourth-order valence-electron chi connectivity index (χ4n) is 4.17. The van der Waals surface area contributed by atoms with Gasteiger partial charge < -0.3 is 19.2 Å². The molecular formula is C28H33NO5S. The van der Waals surface area contributed by atoms with E-state index in [9.17, 15) is 9.59 Å². The number of benzene rings is 1. The molecule has 186 valence electrons. The summed E-state index contributed by atoms with van der Waals surface area (Å²) in [7, 11) is 0. The van der Waals surface area contributed by atoms with Crippen LogP contribution in [0.1, 0.15) is 95.6 Å². The number of amides is 1. The summed E-state index contributed by atoms with van der Waals surface area (Å²) in [5, 5.41) is 3.42. The number of furan rings is 1. The van der Waals surface area contributed by atoms with E-state index in [1.54, 1.807) is 12.1 Å². The number of carbonyl (C=O) groups excluding carboxylic acids is 2. The second-order valence-corrected chi connectivity index (χ2v) is 10.4. The predicted molar refractivity (Wildman–Crippen MR) is 138 cm³/mol. The summed E-state index contributed by atoms with van der Waals surface area (Å²) < 4.78 is 17.0. The Labute approximate surface area is 210 Å².